The normalized spacial score (nSPS) is 16.7. The number of aryl methyl sites for hydroxylation is 1. The van der Waals surface area contributed by atoms with Crippen LogP contribution in [0.15, 0.2) is 101 Å². The third-order valence-corrected chi connectivity index (χ3v) is 14.7. The highest BCUT2D eigenvalue weighted by atomic mass is 16.3. The summed E-state index contributed by atoms with van der Waals surface area (Å²) < 4.78 is 7.70. The highest BCUT2D eigenvalue weighted by Gasteiger charge is 2.52. The van der Waals surface area contributed by atoms with E-state index in [1.807, 2.05) is 0 Å². The SMILES string of the molecule is Cc1cc2c3c(c1)N(c1ccc(C(C)(C)C)cc1-c1ccccc1)c1c(oc4c1C(C)(C)CCC4(C)C)B3c1ccc(C(C)(C)C)cc1N2c1cc(C(C)(C)C)cc(C(C)(C)C)c1. The number of rotatable bonds is 3. The number of hydrogen-bond donors (Lipinski definition) is 0. The Balaban J connectivity index is 1.45. The van der Waals surface area contributed by atoms with Crippen molar-refractivity contribution in [2.24, 2.45) is 0 Å². The van der Waals surface area contributed by atoms with Crippen LogP contribution >= 0.6 is 0 Å². The molecule has 0 unspecified atom stereocenters. The molecule has 3 nitrogen and oxygen atoms in total. The predicted octanol–water partition coefficient (Wildman–Crippen LogP) is 14.9. The lowest BCUT2D eigenvalue weighted by Crippen LogP contribution is -2.61. The van der Waals surface area contributed by atoms with Gasteiger partial charge in [0.05, 0.1) is 17.0 Å². The third-order valence-electron chi connectivity index (χ3n) is 14.7. The number of nitrogens with zero attached hydrogens (tertiary/aromatic N) is 2. The summed E-state index contributed by atoms with van der Waals surface area (Å²) in [5, 5.41) is 0. The molecular weight excluding hydrogens is 763 g/mol. The van der Waals surface area contributed by atoms with Crippen molar-refractivity contribution in [2.75, 3.05) is 9.80 Å². The second-order valence-electron chi connectivity index (χ2n) is 24.7. The quantitative estimate of drug-likeness (QED) is 0.165. The summed E-state index contributed by atoms with van der Waals surface area (Å²) in [5.41, 5.74) is 21.1. The fourth-order valence-electron chi connectivity index (χ4n) is 10.6. The lowest BCUT2D eigenvalue weighted by Gasteiger charge is -2.45. The van der Waals surface area contributed by atoms with Crippen LogP contribution in [-0.2, 0) is 32.5 Å². The van der Waals surface area contributed by atoms with Crippen molar-refractivity contribution in [3.63, 3.8) is 0 Å². The predicted molar refractivity (Wildman–Crippen MR) is 273 cm³/mol. The largest absolute Gasteiger partial charge is 0.472 e. The number of fused-ring (bicyclic) bond motifs is 6. The van der Waals surface area contributed by atoms with Crippen LogP contribution in [-0.4, -0.2) is 6.71 Å². The van der Waals surface area contributed by atoms with E-state index in [0.717, 1.165) is 24.3 Å². The van der Waals surface area contributed by atoms with Gasteiger partial charge in [-0.3, -0.25) is 0 Å². The van der Waals surface area contributed by atoms with Gasteiger partial charge in [0.15, 0.2) is 0 Å². The van der Waals surface area contributed by atoms with Crippen LogP contribution in [0.2, 0.25) is 0 Å². The molecule has 326 valence electrons. The Morgan fingerprint density at radius 2 is 1.06 bits per heavy atom. The van der Waals surface area contributed by atoms with Crippen molar-refractivity contribution in [2.45, 2.75) is 163 Å². The van der Waals surface area contributed by atoms with Crippen LogP contribution in [0.5, 0.6) is 0 Å². The zero-order valence-corrected chi connectivity index (χ0v) is 41.5. The van der Waals surface area contributed by atoms with Gasteiger partial charge < -0.3 is 14.2 Å². The van der Waals surface area contributed by atoms with E-state index in [0.29, 0.717) is 0 Å². The van der Waals surface area contributed by atoms with Crippen LogP contribution in [0.3, 0.4) is 0 Å². The number of hydrogen-bond acceptors (Lipinski definition) is 3. The average Bonchev–Trinajstić information content (AvgIpc) is 3.61. The first-order valence-electron chi connectivity index (χ1n) is 23.6. The molecule has 1 aliphatic carbocycles. The van der Waals surface area contributed by atoms with E-state index in [2.05, 4.69) is 225 Å². The van der Waals surface area contributed by atoms with E-state index in [9.17, 15) is 0 Å². The number of furan rings is 1. The van der Waals surface area contributed by atoms with E-state index < -0.39 is 0 Å². The van der Waals surface area contributed by atoms with Gasteiger partial charge in [0.1, 0.15) is 5.76 Å². The topological polar surface area (TPSA) is 19.6 Å². The lowest BCUT2D eigenvalue weighted by molar-refractivity contribution is 0.282. The van der Waals surface area contributed by atoms with Crippen LogP contribution in [0.1, 0.15) is 163 Å². The molecule has 0 radical (unpaired) electrons. The molecule has 0 amide bonds. The second kappa shape index (κ2) is 14.0. The molecular formula is C59H71BN2O. The van der Waals surface area contributed by atoms with Gasteiger partial charge in [-0.05, 0) is 134 Å². The maximum Gasteiger partial charge on any atom is 0.297 e. The summed E-state index contributed by atoms with van der Waals surface area (Å²) in [6, 6.07) is 38.0. The molecule has 0 spiro atoms. The van der Waals surface area contributed by atoms with Gasteiger partial charge in [-0.15, -0.1) is 0 Å². The Morgan fingerprint density at radius 1 is 0.524 bits per heavy atom. The molecule has 0 N–H and O–H groups in total. The fraction of sp³-hybridized carbons (Fsp3) is 0.424. The highest BCUT2D eigenvalue weighted by molar-refractivity contribution is 6.99. The summed E-state index contributed by atoms with van der Waals surface area (Å²) in [5.74, 6) is 1.15. The first-order chi connectivity index (χ1) is 29.2. The van der Waals surface area contributed by atoms with E-state index in [1.54, 1.807) is 0 Å². The Labute approximate surface area is 380 Å². The van der Waals surface area contributed by atoms with Gasteiger partial charge in [0, 0.05) is 39.3 Å². The van der Waals surface area contributed by atoms with Crippen molar-refractivity contribution < 1.29 is 4.42 Å². The van der Waals surface area contributed by atoms with E-state index in [1.165, 1.54) is 89.6 Å². The Morgan fingerprint density at radius 3 is 1.65 bits per heavy atom. The Hall–Kier alpha value is -4.96. The molecule has 0 saturated heterocycles. The van der Waals surface area contributed by atoms with E-state index in [-0.39, 0.29) is 39.2 Å². The summed E-state index contributed by atoms with van der Waals surface area (Å²) in [7, 11) is 0. The molecule has 63 heavy (non-hydrogen) atoms. The van der Waals surface area contributed by atoms with Crippen molar-refractivity contribution in [3.05, 3.63) is 136 Å². The van der Waals surface area contributed by atoms with E-state index >= 15 is 0 Å². The fourth-order valence-corrected chi connectivity index (χ4v) is 10.6. The molecule has 0 atom stereocenters. The Bertz CT molecular complexity index is 2760. The van der Waals surface area contributed by atoms with Crippen molar-refractivity contribution in [1.82, 2.24) is 0 Å². The maximum atomic E-state index is 7.70. The standard InChI is InChI=1S/C59H71BN2O/c1-36-29-47-50-48(30-36)62(45-26-24-38(54(2,3)4)34-43(45)37-21-19-18-20-22-37)51-49-52(59(16,17)28-27-58(49,14)15)63-53(51)60(50)44-25-23-39(55(5,6)7)35-46(44)61(47)42-32-40(56(8,9)10)31-41(33-42)57(11,12)13/h18-26,29-35H,27-28H2,1-17H3. The molecule has 6 aromatic rings. The molecule has 0 fully saturated rings. The number of benzene rings is 5. The van der Waals surface area contributed by atoms with Gasteiger partial charge in [-0.2, -0.15) is 0 Å². The minimum atomic E-state index is -0.118. The minimum absolute atomic E-state index is 0.0207. The number of anilines is 6. The van der Waals surface area contributed by atoms with Gasteiger partial charge in [-0.1, -0.05) is 165 Å². The van der Waals surface area contributed by atoms with Gasteiger partial charge in [0.25, 0.3) is 6.71 Å². The summed E-state index contributed by atoms with van der Waals surface area (Å²) in [4.78, 5) is 5.27. The van der Waals surface area contributed by atoms with Gasteiger partial charge >= 0.3 is 0 Å². The highest BCUT2D eigenvalue weighted by Crippen LogP contribution is 2.56. The molecule has 3 aliphatic rings. The second-order valence-corrected chi connectivity index (χ2v) is 24.7. The summed E-state index contributed by atoms with van der Waals surface area (Å²) in [6.45, 7) is 40.0. The summed E-state index contributed by atoms with van der Waals surface area (Å²) in [6.07, 6.45) is 2.17. The zero-order valence-electron chi connectivity index (χ0n) is 41.5. The third kappa shape index (κ3) is 7.10. The summed E-state index contributed by atoms with van der Waals surface area (Å²) >= 11 is 0. The molecule has 1 aromatic heterocycles. The molecule has 0 saturated carbocycles. The minimum Gasteiger partial charge on any atom is -0.472 e. The van der Waals surface area contributed by atoms with Crippen LogP contribution in [0, 0.1) is 6.92 Å². The van der Waals surface area contributed by atoms with Crippen LogP contribution < -0.4 is 26.4 Å². The molecule has 9 rings (SSSR count). The van der Waals surface area contributed by atoms with Crippen molar-refractivity contribution in [3.8, 4) is 11.1 Å². The van der Waals surface area contributed by atoms with Crippen LogP contribution in [0.4, 0.5) is 34.1 Å². The van der Waals surface area contributed by atoms with Gasteiger partial charge in [0.2, 0.25) is 0 Å². The molecule has 4 heteroatoms. The molecule has 0 bridgehead atoms. The van der Waals surface area contributed by atoms with Crippen LogP contribution in [0.25, 0.3) is 11.1 Å². The first-order valence-corrected chi connectivity index (χ1v) is 23.6. The van der Waals surface area contributed by atoms with Crippen molar-refractivity contribution in [1.29, 1.82) is 0 Å². The first kappa shape index (κ1) is 43.3. The lowest BCUT2D eigenvalue weighted by atomic mass is 9.35. The zero-order chi connectivity index (χ0) is 45.6. The van der Waals surface area contributed by atoms with Gasteiger partial charge in [-0.25, -0.2) is 0 Å². The average molecular weight is 835 g/mol. The smallest absolute Gasteiger partial charge is 0.297 e. The monoisotopic (exact) mass is 835 g/mol. The molecule has 2 aliphatic heterocycles. The maximum absolute atomic E-state index is 7.70. The molecule has 3 heterocycles. The molecule has 5 aromatic carbocycles. The van der Waals surface area contributed by atoms with E-state index in [4.69, 9.17) is 4.42 Å². The Kier molecular flexibility index (Phi) is 9.64. The van der Waals surface area contributed by atoms with Crippen molar-refractivity contribution >= 4 is 57.4 Å².